The summed E-state index contributed by atoms with van der Waals surface area (Å²) in [7, 11) is 3.42. The van der Waals surface area contributed by atoms with Crippen molar-refractivity contribution < 1.29 is 18.0 Å². The smallest absolute Gasteiger partial charge is 0.383 e. The van der Waals surface area contributed by atoms with E-state index in [0.29, 0.717) is 11.9 Å². The van der Waals surface area contributed by atoms with Crippen LogP contribution in [0.2, 0.25) is 0 Å². The molecule has 0 amide bonds. The number of allylic oxidation sites excluding steroid dienone is 2. The minimum atomic E-state index is -4.90. The van der Waals surface area contributed by atoms with Crippen LogP contribution in [0.25, 0.3) is 0 Å². The highest BCUT2D eigenvalue weighted by molar-refractivity contribution is 5.95. The average molecular weight is 285 g/mol. The number of nitrogens with one attached hydrogen (secondary N) is 1. The number of rotatable bonds is 5. The maximum Gasteiger partial charge on any atom is 0.454 e. The van der Waals surface area contributed by atoms with Gasteiger partial charge in [-0.15, -0.1) is 0 Å². The zero-order chi connectivity index (χ0) is 15.2. The van der Waals surface area contributed by atoms with Gasteiger partial charge in [0.2, 0.25) is 0 Å². The van der Waals surface area contributed by atoms with Crippen molar-refractivity contribution in [1.29, 1.82) is 0 Å². The number of hydrogen-bond donors (Lipinski definition) is 1. The predicted molar refractivity (Wildman–Crippen MR) is 69.8 cm³/mol. The van der Waals surface area contributed by atoms with Crippen LogP contribution < -0.4 is 5.32 Å². The number of alkyl halides is 3. The molecule has 1 N–H and O–H groups in total. The zero-order valence-corrected chi connectivity index (χ0v) is 11.0. The van der Waals surface area contributed by atoms with Crippen LogP contribution in [0.5, 0.6) is 0 Å². The molecule has 0 bridgehead atoms. The Kier molecular flexibility index (Phi) is 5.31. The van der Waals surface area contributed by atoms with Gasteiger partial charge >= 0.3 is 6.18 Å². The summed E-state index contributed by atoms with van der Waals surface area (Å²) in [4.78, 5) is 16.6. The number of hydrogen-bond acceptors (Lipinski definition) is 4. The normalized spacial score (nSPS) is 12.6. The average Bonchev–Trinajstić information content (AvgIpc) is 2.36. The van der Waals surface area contributed by atoms with Gasteiger partial charge in [-0.2, -0.15) is 13.2 Å². The van der Waals surface area contributed by atoms with Crippen molar-refractivity contribution in [3.63, 3.8) is 0 Å². The summed E-state index contributed by atoms with van der Waals surface area (Å²) in [5, 5.41) is 2.65. The van der Waals surface area contributed by atoms with Crippen LogP contribution in [0, 0.1) is 0 Å². The fourth-order valence-electron chi connectivity index (χ4n) is 1.16. The van der Waals surface area contributed by atoms with Crippen molar-refractivity contribution in [2.24, 2.45) is 0 Å². The van der Waals surface area contributed by atoms with E-state index in [0.717, 1.165) is 0 Å². The van der Waals surface area contributed by atoms with E-state index in [1.165, 1.54) is 18.5 Å². The Bertz CT molecular complexity index is 507. The molecule has 1 rings (SSSR count). The van der Waals surface area contributed by atoms with Crippen LogP contribution in [0.3, 0.4) is 0 Å². The summed E-state index contributed by atoms with van der Waals surface area (Å²) >= 11 is 0. The van der Waals surface area contributed by atoms with Gasteiger partial charge in [-0.3, -0.25) is 4.79 Å². The van der Waals surface area contributed by atoms with Gasteiger partial charge in [0.15, 0.2) is 0 Å². The molecule has 0 aliphatic rings. The number of ketones is 1. The molecule has 4 nitrogen and oxygen atoms in total. The molecule has 0 aliphatic heterocycles. The largest absolute Gasteiger partial charge is 0.454 e. The molecule has 0 radical (unpaired) electrons. The van der Waals surface area contributed by atoms with E-state index >= 15 is 0 Å². The maximum atomic E-state index is 12.3. The van der Waals surface area contributed by atoms with E-state index in [2.05, 4.69) is 10.3 Å². The van der Waals surface area contributed by atoms with Crippen LogP contribution >= 0.6 is 0 Å². The predicted octanol–water partition coefficient (Wildman–Crippen LogP) is 2.58. The number of pyridine rings is 1. The van der Waals surface area contributed by atoms with Gasteiger partial charge < -0.3 is 10.2 Å². The maximum absolute atomic E-state index is 12.3. The number of carbonyl (C=O) groups excluding carboxylic acids is 1. The third kappa shape index (κ3) is 5.55. The molecule has 0 atom stereocenters. The second-order valence-electron chi connectivity index (χ2n) is 4.08. The molecule has 0 unspecified atom stereocenters. The van der Waals surface area contributed by atoms with Crippen molar-refractivity contribution in [2.75, 3.05) is 19.4 Å². The molecule has 108 valence electrons. The third-order valence-electron chi connectivity index (χ3n) is 2.06. The highest BCUT2D eigenvalue weighted by Gasteiger charge is 2.36. The number of aromatic nitrogens is 1. The molecule has 1 heterocycles. The Labute approximate surface area is 114 Å². The Balaban J connectivity index is 2.97. The summed E-state index contributed by atoms with van der Waals surface area (Å²) in [6, 6.07) is 4.93. The van der Waals surface area contributed by atoms with E-state index < -0.39 is 12.0 Å². The zero-order valence-electron chi connectivity index (χ0n) is 11.0. The van der Waals surface area contributed by atoms with Crippen LogP contribution in [0.4, 0.5) is 19.0 Å². The summed E-state index contributed by atoms with van der Waals surface area (Å²) < 4.78 is 36.8. The first-order valence-electron chi connectivity index (χ1n) is 5.64. The molecule has 0 aromatic carbocycles. The first kappa shape index (κ1) is 15.7. The van der Waals surface area contributed by atoms with E-state index in [1.807, 2.05) is 0 Å². The first-order chi connectivity index (χ1) is 9.29. The topological polar surface area (TPSA) is 45.2 Å². The SMILES string of the molecule is CN(C)/C=C/C(=C\C(=O)C(F)(F)F)Nc1ccccn1. The lowest BCUT2D eigenvalue weighted by molar-refractivity contribution is -0.165. The fourth-order valence-corrected chi connectivity index (χ4v) is 1.16. The van der Waals surface area contributed by atoms with Gasteiger partial charge in [0.25, 0.3) is 5.78 Å². The Morgan fingerprint density at radius 1 is 1.35 bits per heavy atom. The van der Waals surface area contributed by atoms with Gasteiger partial charge in [-0.1, -0.05) is 6.07 Å². The summed E-state index contributed by atoms with van der Waals surface area (Å²) in [6.45, 7) is 0. The monoisotopic (exact) mass is 285 g/mol. The lowest BCUT2D eigenvalue weighted by atomic mass is 10.2. The highest BCUT2D eigenvalue weighted by atomic mass is 19.4. The Morgan fingerprint density at radius 2 is 2.05 bits per heavy atom. The van der Waals surface area contributed by atoms with Crippen molar-refractivity contribution in [3.05, 3.63) is 48.4 Å². The molecule has 1 aromatic rings. The van der Waals surface area contributed by atoms with Crippen LogP contribution in [0.15, 0.2) is 48.4 Å². The van der Waals surface area contributed by atoms with Gasteiger partial charge in [0, 0.05) is 38.3 Å². The first-order valence-corrected chi connectivity index (χ1v) is 5.64. The lowest BCUT2D eigenvalue weighted by Crippen LogP contribution is -2.21. The second kappa shape index (κ2) is 6.74. The van der Waals surface area contributed by atoms with Gasteiger partial charge in [0.05, 0.1) is 0 Å². The minimum Gasteiger partial charge on any atom is -0.383 e. The molecule has 0 fully saturated rings. The van der Waals surface area contributed by atoms with Crippen molar-refractivity contribution in [3.8, 4) is 0 Å². The molecule has 0 saturated heterocycles. The second-order valence-corrected chi connectivity index (χ2v) is 4.08. The Hall–Kier alpha value is -2.31. The lowest BCUT2D eigenvalue weighted by Gasteiger charge is -2.09. The standard InChI is InChI=1S/C13H14F3N3O/c1-19(2)8-6-10(9-11(20)13(14,15)16)18-12-5-3-4-7-17-12/h3-9H,1-2H3,(H,17,18)/b8-6+,10-9+. The molecule has 0 saturated carbocycles. The fraction of sp³-hybridized carbons (Fsp3) is 0.231. The van der Waals surface area contributed by atoms with Crippen molar-refractivity contribution in [1.82, 2.24) is 9.88 Å². The molecule has 0 aliphatic carbocycles. The van der Waals surface area contributed by atoms with Crippen LogP contribution in [0.1, 0.15) is 0 Å². The van der Waals surface area contributed by atoms with E-state index in [9.17, 15) is 18.0 Å². The quantitative estimate of drug-likeness (QED) is 0.667. The summed E-state index contributed by atoms with van der Waals surface area (Å²) in [5.74, 6) is -1.59. The van der Waals surface area contributed by atoms with E-state index in [-0.39, 0.29) is 5.70 Å². The highest BCUT2D eigenvalue weighted by Crippen LogP contribution is 2.18. The molecule has 7 heteroatoms. The number of anilines is 1. The van der Waals surface area contributed by atoms with Crippen LogP contribution in [-0.2, 0) is 4.79 Å². The number of halogens is 3. The number of nitrogens with zero attached hydrogens (tertiary/aromatic N) is 2. The molecule has 0 spiro atoms. The van der Waals surface area contributed by atoms with Crippen molar-refractivity contribution in [2.45, 2.75) is 6.18 Å². The summed E-state index contributed by atoms with van der Waals surface area (Å²) in [5.41, 5.74) is -0.000255. The molecular formula is C13H14F3N3O. The molecule has 1 aromatic heterocycles. The minimum absolute atomic E-state index is 0.000255. The van der Waals surface area contributed by atoms with Crippen molar-refractivity contribution >= 4 is 11.6 Å². The van der Waals surface area contributed by atoms with Gasteiger partial charge in [0.1, 0.15) is 5.82 Å². The van der Waals surface area contributed by atoms with E-state index in [4.69, 9.17) is 0 Å². The molecule has 20 heavy (non-hydrogen) atoms. The summed E-state index contributed by atoms with van der Waals surface area (Å²) in [6.07, 6.45) is -0.0391. The van der Waals surface area contributed by atoms with Crippen LogP contribution in [-0.4, -0.2) is 35.9 Å². The van der Waals surface area contributed by atoms with Gasteiger partial charge in [-0.25, -0.2) is 4.98 Å². The number of carbonyl (C=O) groups is 1. The third-order valence-corrected chi connectivity index (χ3v) is 2.06. The van der Waals surface area contributed by atoms with E-state index in [1.54, 1.807) is 37.2 Å². The van der Waals surface area contributed by atoms with Gasteiger partial charge in [-0.05, 0) is 18.2 Å². The Morgan fingerprint density at radius 3 is 2.55 bits per heavy atom. The molecular weight excluding hydrogens is 271 g/mol.